The van der Waals surface area contributed by atoms with E-state index in [9.17, 15) is 4.79 Å². The maximum absolute atomic E-state index is 10.6. The first-order valence-electron chi connectivity index (χ1n) is 3.40. The zero-order chi connectivity index (χ0) is 8.81. The van der Waals surface area contributed by atoms with E-state index >= 15 is 0 Å². The summed E-state index contributed by atoms with van der Waals surface area (Å²) in [5, 5.41) is 8.69. The number of alkyl halides is 2. The zero-order valence-corrected chi connectivity index (χ0v) is 9.08. The van der Waals surface area contributed by atoms with Crippen molar-refractivity contribution >= 4 is 41.6 Å². The molecule has 2 nitrogen and oxygen atoms in total. The van der Waals surface area contributed by atoms with E-state index in [1.165, 1.54) is 0 Å². The minimum Gasteiger partial charge on any atom is -0.481 e. The molecule has 1 aliphatic carbocycles. The van der Waals surface area contributed by atoms with Crippen LogP contribution in [0.4, 0.5) is 0 Å². The number of carboxylic acids is 1. The number of hydrogen-bond acceptors (Lipinski definition) is 1. The number of aliphatic carboxylic acids is 1. The molecular formula is C7H11Cl3O2. The van der Waals surface area contributed by atoms with Crippen molar-refractivity contribution in [2.24, 2.45) is 17.3 Å². The van der Waals surface area contributed by atoms with Gasteiger partial charge in [-0.15, -0.1) is 35.6 Å². The molecule has 0 amide bonds. The molecule has 0 aliphatic heterocycles. The summed E-state index contributed by atoms with van der Waals surface area (Å²) in [6.07, 6.45) is 0. The highest BCUT2D eigenvalue weighted by Crippen LogP contribution is 2.61. The lowest BCUT2D eigenvalue weighted by molar-refractivity contribution is -0.139. The van der Waals surface area contributed by atoms with E-state index in [1.807, 2.05) is 13.8 Å². The molecule has 1 fully saturated rings. The largest absolute Gasteiger partial charge is 0.481 e. The van der Waals surface area contributed by atoms with E-state index in [0.29, 0.717) is 0 Å². The Morgan fingerprint density at radius 1 is 1.50 bits per heavy atom. The van der Waals surface area contributed by atoms with E-state index in [2.05, 4.69) is 0 Å². The predicted molar refractivity (Wildman–Crippen MR) is 51.1 cm³/mol. The lowest BCUT2D eigenvalue weighted by Gasteiger charge is -2.00. The zero-order valence-electron chi connectivity index (χ0n) is 6.75. The van der Waals surface area contributed by atoms with E-state index in [1.54, 1.807) is 0 Å². The Hall–Kier alpha value is 0.340. The maximum Gasteiger partial charge on any atom is 0.307 e. The number of carboxylic acid groups (broad SMARTS) is 1. The third-order valence-electron chi connectivity index (χ3n) is 2.45. The molecule has 2 unspecified atom stereocenters. The van der Waals surface area contributed by atoms with Gasteiger partial charge in [-0.1, -0.05) is 13.8 Å². The number of hydrogen-bond donors (Lipinski definition) is 1. The predicted octanol–water partition coefficient (Wildman–Crippen LogP) is 2.57. The fourth-order valence-electron chi connectivity index (χ4n) is 1.62. The summed E-state index contributed by atoms with van der Waals surface area (Å²) in [6, 6.07) is 0. The van der Waals surface area contributed by atoms with Crippen LogP contribution in [0.15, 0.2) is 0 Å². The van der Waals surface area contributed by atoms with Crippen molar-refractivity contribution in [1.29, 1.82) is 0 Å². The van der Waals surface area contributed by atoms with Crippen LogP contribution in [0.2, 0.25) is 0 Å². The summed E-state index contributed by atoms with van der Waals surface area (Å²) < 4.78 is 0. The average Bonchev–Trinajstić information content (AvgIpc) is 2.33. The summed E-state index contributed by atoms with van der Waals surface area (Å²) in [6.45, 7) is 3.74. The normalized spacial score (nSPS) is 31.1. The molecule has 0 aromatic rings. The van der Waals surface area contributed by atoms with Crippen molar-refractivity contribution in [2.45, 2.75) is 18.7 Å². The number of rotatable bonds is 2. The Kier molecular flexibility index (Phi) is 3.71. The fourth-order valence-corrected chi connectivity index (χ4v) is 2.56. The van der Waals surface area contributed by atoms with Crippen LogP contribution in [0.25, 0.3) is 0 Å². The van der Waals surface area contributed by atoms with Gasteiger partial charge in [-0.3, -0.25) is 4.79 Å². The first-order valence-corrected chi connectivity index (χ1v) is 4.27. The van der Waals surface area contributed by atoms with Crippen molar-refractivity contribution in [2.75, 3.05) is 0 Å². The summed E-state index contributed by atoms with van der Waals surface area (Å²) in [7, 11) is 0. The lowest BCUT2D eigenvalue weighted by atomic mass is 10.1. The standard InChI is InChI=1S/C7H10Cl2O2.ClH/c1-7(2)3(5(8)9)4(7)6(10)11;/h3-5H,1-2H3,(H,10,11);1H. The van der Waals surface area contributed by atoms with Crippen LogP contribution in [0.1, 0.15) is 13.8 Å². The molecule has 0 bridgehead atoms. The van der Waals surface area contributed by atoms with Crippen LogP contribution in [-0.2, 0) is 4.79 Å². The molecule has 0 radical (unpaired) electrons. The Labute approximate surface area is 87.6 Å². The number of carbonyl (C=O) groups is 1. The van der Waals surface area contributed by atoms with Crippen LogP contribution in [-0.4, -0.2) is 15.9 Å². The van der Waals surface area contributed by atoms with Crippen molar-refractivity contribution in [3.8, 4) is 0 Å². The smallest absolute Gasteiger partial charge is 0.307 e. The highest BCUT2D eigenvalue weighted by Gasteiger charge is 2.64. The molecule has 72 valence electrons. The van der Waals surface area contributed by atoms with Gasteiger partial charge in [-0.25, -0.2) is 0 Å². The van der Waals surface area contributed by atoms with Gasteiger partial charge in [0.1, 0.15) is 4.84 Å². The van der Waals surface area contributed by atoms with Crippen molar-refractivity contribution in [3.05, 3.63) is 0 Å². The van der Waals surface area contributed by atoms with Crippen LogP contribution < -0.4 is 0 Å². The first-order chi connectivity index (χ1) is 4.89. The topological polar surface area (TPSA) is 37.3 Å². The molecule has 1 rings (SSSR count). The molecule has 0 aromatic heterocycles. The van der Waals surface area contributed by atoms with Crippen molar-refractivity contribution in [1.82, 2.24) is 0 Å². The van der Waals surface area contributed by atoms with Crippen molar-refractivity contribution < 1.29 is 9.90 Å². The molecule has 1 aliphatic rings. The minimum absolute atomic E-state index is 0. The fraction of sp³-hybridized carbons (Fsp3) is 0.857. The number of halogens is 3. The molecule has 12 heavy (non-hydrogen) atoms. The van der Waals surface area contributed by atoms with E-state index in [4.69, 9.17) is 28.3 Å². The highest BCUT2D eigenvalue weighted by molar-refractivity contribution is 6.44. The highest BCUT2D eigenvalue weighted by atomic mass is 35.5. The van der Waals surface area contributed by atoms with E-state index in [0.717, 1.165) is 0 Å². The van der Waals surface area contributed by atoms with Crippen LogP contribution >= 0.6 is 35.6 Å². The Morgan fingerprint density at radius 2 is 1.92 bits per heavy atom. The van der Waals surface area contributed by atoms with Crippen LogP contribution in [0.5, 0.6) is 0 Å². The second-order valence-corrected chi connectivity index (χ2v) is 4.66. The molecule has 0 heterocycles. The van der Waals surface area contributed by atoms with Gasteiger partial charge in [0, 0.05) is 5.92 Å². The second kappa shape index (κ2) is 3.60. The minimum atomic E-state index is -0.800. The third kappa shape index (κ3) is 1.81. The molecule has 0 aromatic carbocycles. The van der Waals surface area contributed by atoms with Crippen LogP contribution in [0.3, 0.4) is 0 Å². The van der Waals surface area contributed by atoms with Gasteiger partial charge in [0.15, 0.2) is 0 Å². The summed E-state index contributed by atoms with van der Waals surface area (Å²) in [5.41, 5.74) is -0.236. The molecule has 0 saturated heterocycles. The monoisotopic (exact) mass is 232 g/mol. The van der Waals surface area contributed by atoms with E-state index < -0.39 is 10.8 Å². The van der Waals surface area contributed by atoms with Gasteiger partial charge in [-0.05, 0) is 5.41 Å². The Morgan fingerprint density at radius 3 is 2.00 bits per heavy atom. The van der Waals surface area contributed by atoms with Gasteiger partial charge in [-0.2, -0.15) is 0 Å². The Balaban J connectivity index is 0.00000121. The van der Waals surface area contributed by atoms with Crippen molar-refractivity contribution in [3.63, 3.8) is 0 Å². The maximum atomic E-state index is 10.6. The van der Waals surface area contributed by atoms with Gasteiger partial charge in [0.2, 0.25) is 0 Å². The van der Waals surface area contributed by atoms with Crippen LogP contribution in [0, 0.1) is 17.3 Å². The summed E-state index contributed by atoms with van der Waals surface area (Å²) >= 11 is 11.2. The molecular weight excluding hydrogens is 222 g/mol. The average molecular weight is 234 g/mol. The second-order valence-electron chi connectivity index (χ2n) is 3.50. The molecule has 1 N–H and O–H groups in total. The van der Waals surface area contributed by atoms with Gasteiger partial charge < -0.3 is 5.11 Å². The molecule has 5 heteroatoms. The summed E-state index contributed by atoms with van der Waals surface area (Å²) in [4.78, 5) is 10.0. The molecule has 2 atom stereocenters. The van der Waals surface area contributed by atoms with Gasteiger partial charge in [0.05, 0.1) is 5.92 Å². The lowest BCUT2D eigenvalue weighted by Crippen LogP contribution is -2.03. The Bertz CT molecular complexity index is 191. The molecule has 1 saturated carbocycles. The quantitative estimate of drug-likeness (QED) is 0.745. The summed E-state index contributed by atoms with van der Waals surface area (Å²) in [5.74, 6) is -1.27. The first kappa shape index (κ1) is 12.3. The third-order valence-corrected chi connectivity index (χ3v) is 2.99. The molecule has 0 spiro atoms. The SMILES string of the molecule is CC1(C)C(C(=O)O)C1C(Cl)Cl.Cl. The van der Waals surface area contributed by atoms with E-state index in [-0.39, 0.29) is 29.7 Å². The van der Waals surface area contributed by atoms with Gasteiger partial charge in [0.25, 0.3) is 0 Å². The van der Waals surface area contributed by atoms with Gasteiger partial charge >= 0.3 is 5.97 Å².